The molecule has 2 aromatic carbocycles. The minimum absolute atomic E-state index is 0.210. The largest absolute Gasteiger partial charge is 0.416 e. The zero-order valence-electron chi connectivity index (χ0n) is 12.9. The first kappa shape index (κ1) is 17.1. The molecule has 0 aliphatic rings. The number of amides is 1. The van der Waals surface area contributed by atoms with Gasteiger partial charge in [0.1, 0.15) is 0 Å². The summed E-state index contributed by atoms with van der Waals surface area (Å²) < 4.78 is 37.5. The Bertz CT molecular complexity index is 661. The lowest BCUT2D eigenvalue weighted by Gasteiger charge is -2.25. The van der Waals surface area contributed by atoms with Gasteiger partial charge in [-0.2, -0.15) is 13.2 Å². The van der Waals surface area contributed by atoms with Gasteiger partial charge < -0.3 is 5.32 Å². The summed E-state index contributed by atoms with van der Waals surface area (Å²) >= 11 is 0. The summed E-state index contributed by atoms with van der Waals surface area (Å²) in [5, 5.41) is 2.78. The van der Waals surface area contributed by atoms with Crippen LogP contribution in [0.2, 0.25) is 0 Å². The molecule has 0 radical (unpaired) electrons. The predicted molar refractivity (Wildman–Crippen MR) is 83.2 cm³/mol. The lowest BCUT2D eigenvalue weighted by atomic mass is 9.84. The van der Waals surface area contributed by atoms with E-state index in [2.05, 4.69) is 5.32 Å². The highest BCUT2D eigenvalue weighted by Crippen LogP contribution is 2.29. The number of carbonyl (C=O) groups excluding carboxylic acids is 1. The second-order valence-electron chi connectivity index (χ2n) is 6.01. The van der Waals surface area contributed by atoms with Crippen LogP contribution in [-0.2, 0) is 11.6 Å². The molecule has 2 nitrogen and oxygen atoms in total. The maximum absolute atomic E-state index is 12.5. The number of benzene rings is 2. The van der Waals surface area contributed by atoms with Crippen LogP contribution >= 0.6 is 0 Å². The average molecular weight is 321 g/mol. The van der Waals surface area contributed by atoms with Crippen molar-refractivity contribution in [3.05, 3.63) is 71.3 Å². The Morgan fingerprint density at radius 2 is 1.48 bits per heavy atom. The first-order valence-electron chi connectivity index (χ1n) is 7.21. The highest BCUT2D eigenvalue weighted by atomic mass is 19.4. The number of halogens is 3. The number of carbonyl (C=O) groups is 1. The van der Waals surface area contributed by atoms with Gasteiger partial charge in [-0.05, 0) is 29.8 Å². The molecule has 1 amide bonds. The maximum atomic E-state index is 12.5. The Morgan fingerprint density at radius 1 is 0.913 bits per heavy atom. The Hall–Kier alpha value is -2.30. The van der Waals surface area contributed by atoms with Crippen molar-refractivity contribution in [3.63, 3.8) is 0 Å². The van der Waals surface area contributed by atoms with Gasteiger partial charge in [0.2, 0.25) is 0 Å². The second-order valence-corrected chi connectivity index (χ2v) is 6.01. The van der Waals surface area contributed by atoms with Crippen molar-refractivity contribution in [1.82, 2.24) is 5.32 Å². The topological polar surface area (TPSA) is 29.1 Å². The van der Waals surface area contributed by atoms with Gasteiger partial charge in [0, 0.05) is 17.5 Å². The first-order chi connectivity index (χ1) is 10.7. The number of alkyl halides is 3. The van der Waals surface area contributed by atoms with E-state index in [0.29, 0.717) is 6.54 Å². The van der Waals surface area contributed by atoms with Crippen LogP contribution in [0.3, 0.4) is 0 Å². The molecule has 0 aliphatic heterocycles. The molecular formula is C18H18F3NO. The van der Waals surface area contributed by atoms with Gasteiger partial charge in [0.25, 0.3) is 5.91 Å². The Morgan fingerprint density at radius 3 is 2.00 bits per heavy atom. The molecule has 0 aromatic heterocycles. The van der Waals surface area contributed by atoms with Crippen molar-refractivity contribution >= 4 is 5.91 Å². The highest BCUT2D eigenvalue weighted by Gasteiger charge is 2.30. The molecule has 0 bridgehead atoms. The van der Waals surface area contributed by atoms with Crippen molar-refractivity contribution in [2.24, 2.45) is 0 Å². The molecule has 1 N–H and O–H groups in total. The summed E-state index contributed by atoms with van der Waals surface area (Å²) in [6.07, 6.45) is -4.40. The van der Waals surface area contributed by atoms with E-state index in [1.54, 1.807) is 0 Å². The minimum Gasteiger partial charge on any atom is -0.351 e. The Kier molecular flexibility index (Phi) is 4.78. The third-order valence-corrected chi connectivity index (χ3v) is 3.72. The normalized spacial score (nSPS) is 12.0. The first-order valence-corrected chi connectivity index (χ1v) is 7.21. The van der Waals surface area contributed by atoms with Crippen LogP contribution in [0.15, 0.2) is 54.6 Å². The SMILES string of the molecule is CC(C)(CNC(=O)c1ccc(C(F)(F)F)cc1)c1ccccc1. The third kappa shape index (κ3) is 4.34. The summed E-state index contributed by atoms with van der Waals surface area (Å²) in [6, 6.07) is 13.9. The van der Waals surface area contributed by atoms with Gasteiger partial charge in [0.15, 0.2) is 0 Å². The van der Waals surface area contributed by atoms with Gasteiger partial charge in [-0.1, -0.05) is 44.2 Å². The molecule has 0 saturated carbocycles. The van der Waals surface area contributed by atoms with E-state index in [1.807, 2.05) is 44.2 Å². The van der Waals surface area contributed by atoms with Gasteiger partial charge in [-0.15, -0.1) is 0 Å². The Labute approximate surface area is 133 Å². The molecule has 5 heteroatoms. The van der Waals surface area contributed by atoms with Gasteiger partial charge in [-0.3, -0.25) is 4.79 Å². The van der Waals surface area contributed by atoms with Crippen LogP contribution in [0.5, 0.6) is 0 Å². The van der Waals surface area contributed by atoms with E-state index in [-0.39, 0.29) is 16.9 Å². The summed E-state index contributed by atoms with van der Waals surface area (Å²) in [6.45, 7) is 4.38. The fraction of sp³-hybridized carbons (Fsp3) is 0.278. The van der Waals surface area contributed by atoms with Crippen LogP contribution in [-0.4, -0.2) is 12.5 Å². The summed E-state index contributed by atoms with van der Waals surface area (Å²) in [7, 11) is 0. The van der Waals surface area contributed by atoms with E-state index in [0.717, 1.165) is 17.7 Å². The van der Waals surface area contributed by atoms with E-state index in [4.69, 9.17) is 0 Å². The third-order valence-electron chi connectivity index (χ3n) is 3.72. The number of rotatable bonds is 4. The van der Waals surface area contributed by atoms with Gasteiger partial charge in [0.05, 0.1) is 5.56 Å². The van der Waals surface area contributed by atoms with E-state index in [1.165, 1.54) is 12.1 Å². The Balaban J connectivity index is 2.02. The predicted octanol–water partition coefficient (Wildman–Crippen LogP) is 4.41. The lowest BCUT2D eigenvalue weighted by Crippen LogP contribution is -2.36. The number of hydrogen-bond donors (Lipinski definition) is 1. The molecule has 2 rings (SSSR count). The van der Waals surface area contributed by atoms with Crippen LogP contribution in [0.4, 0.5) is 13.2 Å². The highest BCUT2D eigenvalue weighted by molar-refractivity contribution is 5.94. The van der Waals surface area contributed by atoms with E-state index >= 15 is 0 Å². The fourth-order valence-electron chi connectivity index (χ4n) is 2.21. The monoisotopic (exact) mass is 321 g/mol. The van der Waals surface area contributed by atoms with Gasteiger partial charge in [-0.25, -0.2) is 0 Å². The molecule has 122 valence electrons. The molecule has 0 spiro atoms. The van der Waals surface area contributed by atoms with Crippen molar-refractivity contribution < 1.29 is 18.0 Å². The van der Waals surface area contributed by atoms with Crippen LogP contribution in [0, 0.1) is 0 Å². The zero-order valence-corrected chi connectivity index (χ0v) is 12.9. The second kappa shape index (κ2) is 6.44. The van der Waals surface area contributed by atoms with Crippen LogP contribution in [0.25, 0.3) is 0 Å². The molecule has 23 heavy (non-hydrogen) atoms. The fourth-order valence-corrected chi connectivity index (χ4v) is 2.21. The molecule has 0 aliphatic carbocycles. The molecule has 0 unspecified atom stereocenters. The van der Waals surface area contributed by atoms with E-state index < -0.39 is 11.7 Å². The van der Waals surface area contributed by atoms with E-state index in [9.17, 15) is 18.0 Å². The molecular weight excluding hydrogens is 303 g/mol. The van der Waals surface area contributed by atoms with Crippen molar-refractivity contribution in [2.75, 3.05) is 6.54 Å². The summed E-state index contributed by atoms with van der Waals surface area (Å²) in [5.74, 6) is -0.386. The molecule has 0 heterocycles. The lowest BCUT2D eigenvalue weighted by molar-refractivity contribution is -0.137. The quantitative estimate of drug-likeness (QED) is 0.888. The number of hydrogen-bond acceptors (Lipinski definition) is 1. The van der Waals surface area contributed by atoms with Crippen molar-refractivity contribution in [3.8, 4) is 0 Å². The molecule has 0 atom stereocenters. The van der Waals surface area contributed by atoms with Crippen molar-refractivity contribution in [2.45, 2.75) is 25.4 Å². The maximum Gasteiger partial charge on any atom is 0.416 e. The van der Waals surface area contributed by atoms with Crippen LogP contribution < -0.4 is 5.32 Å². The molecule has 2 aromatic rings. The molecule has 0 fully saturated rings. The smallest absolute Gasteiger partial charge is 0.351 e. The number of nitrogens with one attached hydrogen (secondary N) is 1. The zero-order chi connectivity index (χ0) is 17.1. The average Bonchev–Trinajstić information content (AvgIpc) is 2.53. The standard InChI is InChI=1S/C18H18F3NO/c1-17(2,14-6-4-3-5-7-14)12-22-16(23)13-8-10-15(11-9-13)18(19,20)21/h3-11H,12H2,1-2H3,(H,22,23). The van der Waals surface area contributed by atoms with Crippen LogP contribution in [0.1, 0.15) is 35.3 Å². The minimum atomic E-state index is -4.40. The molecule has 0 saturated heterocycles. The van der Waals surface area contributed by atoms with Crippen molar-refractivity contribution in [1.29, 1.82) is 0 Å². The summed E-state index contributed by atoms with van der Waals surface area (Å²) in [5.41, 5.74) is 0.247. The summed E-state index contributed by atoms with van der Waals surface area (Å²) in [4.78, 5) is 12.1. The van der Waals surface area contributed by atoms with Gasteiger partial charge >= 0.3 is 6.18 Å².